The largest absolute Gasteiger partial charge is 0.336 e. The summed E-state index contributed by atoms with van der Waals surface area (Å²) < 4.78 is 0. The number of rotatable bonds is 7. The number of carbonyl (C=O) groups excluding carboxylic acids is 1. The van der Waals surface area contributed by atoms with Crippen molar-refractivity contribution in [2.24, 2.45) is 0 Å². The summed E-state index contributed by atoms with van der Waals surface area (Å²) in [5, 5.41) is 0. The van der Waals surface area contributed by atoms with Crippen molar-refractivity contribution in [1.29, 1.82) is 0 Å². The third-order valence-electron chi connectivity index (χ3n) is 2.95. The van der Waals surface area contributed by atoms with Crippen LogP contribution in [0, 0.1) is 0 Å². The van der Waals surface area contributed by atoms with E-state index in [0.29, 0.717) is 11.9 Å². The van der Waals surface area contributed by atoms with Crippen LogP contribution in [-0.2, 0) is 4.79 Å². The standard InChI is InChI=1S/C13H23NO/c1-3-5-7-8-10-14-12(9-6-4-2)11-13(14)15/h6,9,12H,3-5,7-8,10-11H2,1-2H3. The van der Waals surface area contributed by atoms with Gasteiger partial charge in [-0.3, -0.25) is 4.79 Å². The van der Waals surface area contributed by atoms with Crippen molar-refractivity contribution in [3.05, 3.63) is 12.2 Å². The van der Waals surface area contributed by atoms with E-state index in [1.807, 2.05) is 4.90 Å². The first-order valence-electron chi connectivity index (χ1n) is 6.25. The first-order chi connectivity index (χ1) is 7.29. The Morgan fingerprint density at radius 1 is 1.33 bits per heavy atom. The van der Waals surface area contributed by atoms with Crippen LogP contribution in [-0.4, -0.2) is 23.4 Å². The predicted molar refractivity (Wildman–Crippen MR) is 63.7 cm³/mol. The molecule has 0 aliphatic carbocycles. The number of hydrogen-bond donors (Lipinski definition) is 0. The second-order valence-electron chi connectivity index (χ2n) is 4.26. The van der Waals surface area contributed by atoms with Gasteiger partial charge in [0.2, 0.25) is 5.91 Å². The number of carbonyl (C=O) groups is 1. The second kappa shape index (κ2) is 6.65. The maximum Gasteiger partial charge on any atom is 0.225 e. The molecule has 0 aromatic rings. The van der Waals surface area contributed by atoms with Crippen LogP contribution >= 0.6 is 0 Å². The third-order valence-corrected chi connectivity index (χ3v) is 2.95. The molecule has 1 aliphatic rings. The minimum atomic E-state index is 0.331. The molecule has 0 saturated carbocycles. The van der Waals surface area contributed by atoms with Crippen molar-refractivity contribution in [2.75, 3.05) is 6.54 Å². The number of β-lactam (4-membered cyclic amide) rings is 1. The van der Waals surface area contributed by atoms with E-state index in [-0.39, 0.29) is 0 Å². The van der Waals surface area contributed by atoms with Gasteiger partial charge in [-0.1, -0.05) is 45.3 Å². The monoisotopic (exact) mass is 209 g/mol. The molecule has 2 heteroatoms. The predicted octanol–water partition coefficient (Wildman–Crippen LogP) is 3.13. The van der Waals surface area contributed by atoms with Crippen LogP contribution in [0.4, 0.5) is 0 Å². The van der Waals surface area contributed by atoms with E-state index >= 15 is 0 Å². The molecule has 86 valence electrons. The number of nitrogens with zero attached hydrogens (tertiary/aromatic N) is 1. The van der Waals surface area contributed by atoms with Crippen LogP contribution in [0.5, 0.6) is 0 Å². The van der Waals surface area contributed by atoms with Crippen LogP contribution in [0.1, 0.15) is 52.4 Å². The molecule has 0 bridgehead atoms. The van der Waals surface area contributed by atoms with Crippen molar-refractivity contribution in [2.45, 2.75) is 58.4 Å². The lowest BCUT2D eigenvalue weighted by Gasteiger charge is -2.39. The number of unbranched alkanes of at least 4 members (excludes halogenated alkanes) is 3. The fourth-order valence-electron chi connectivity index (χ4n) is 1.94. The van der Waals surface area contributed by atoms with Gasteiger partial charge >= 0.3 is 0 Å². The minimum absolute atomic E-state index is 0.331. The molecule has 1 amide bonds. The Kier molecular flexibility index (Phi) is 5.44. The van der Waals surface area contributed by atoms with Gasteiger partial charge in [0.1, 0.15) is 0 Å². The molecule has 1 heterocycles. The summed E-state index contributed by atoms with van der Waals surface area (Å²) in [5.74, 6) is 0.331. The van der Waals surface area contributed by atoms with Gasteiger partial charge in [0.15, 0.2) is 0 Å². The van der Waals surface area contributed by atoms with Crippen LogP contribution in [0.15, 0.2) is 12.2 Å². The molecule has 0 aromatic heterocycles. The normalized spacial score (nSPS) is 21.1. The Morgan fingerprint density at radius 2 is 2.13 bits per heavy atom. The van der Waals surface area contributed by atoms with Crippen LogP contribution in [0.25, 0.3) is 0 Å². The first-order valence-corrected chi connectivity index (χ1v) is 6.25. The fourth-order valence-corrected chi connectivity index (χ4v) is 1.94. The summed E-state index contributed by atoms with van der Waals surface area (Å²) in [4.78, 5) is 13.4. The zero-order chi connectivity index (χ0) is 11.1. The topological polar surface area (TPSA) is 20.3 Å². The Balaban J connectivity index is 2.20. The van der Waals surface area contributed by atoms with E-state index in [2.05, 4.69) is 26.0 Å². The molecule has 0 N–H and O–H groups in total. The fraction of sp³-hybridized carbons (Fsp3) is 0.769. The molecule has 1 rings (SSSR count). The summed E-state index contributed by atoms with van der Waals surface area (Å²) >= 11 is 0. The molecular weight excluding hydrogens is 186 g/mol. The molecule has 1 atom stereocenters. The Bertz CT molecular complexity index is 223. The van der Waals surface area contributed by atoms with Gasteiger partial charge in [0, 0.05) is 6.54 Å². The number of allylic oxidation sites excluding steroid dienone is 1. The quantitative estimate of drug-likeness (QED) is 0.358. The highest BCUT2D eigenvalue weighted by atomic mass is 16.2. The molecule has 1 saturated heterocycles. The van der Waals surface area contributed by atoms with Crippen LogP contribution in [0.3, 0.4) is 0 Å². The van der Waals surface area contributed by atoms with Crippen LogP contribution in [0.2, 0.25) is 0 Å². The Morgan fingerprint density at radius 3 is 2.73 bits per heavy atom. The van der Waals surface area contributed by atoms with Crippen molar-refractivity contribution >= 4 is 5.91 Å². The smallest absolute Gasteiger partial charge is 0.225 e. The highest BCUT2D eigenvalue weighted by Gasteiger charge is 2.32. The highest BCUT2D eigenvalue weighted by molar-refractivity contribution is 5.83. The van der Waals surface area contributed by atoms with Gasteiger partial charge in [0.05, 0.1) is 12.5 Å². The van der Waals surface area contributed by atoms with E-state index in [1.165, 1.54) is 19.3 Å². The number of likely N-dealkylation sites (tertiary alicyclic amines) is 1. The van der Waals surface area contributed by atoms with Gasteiger partial charge < -0.3 is 4.90 Å². The summed E-state index contributed by atoms with van der Waals surface area (Å²) in [6.07, 6.45) is 11.1. The zero-order valence-electron chi connectivity index (χ0n) is 10.0. The Hall–Kier alpha value is -0.790. The van der Waals surface area contributed by atoms with Crippen molar-refractivity contribution in [3.8, 4) is 0 Å². The summed E-state index contributed by atoms with van der Waals surface area (Å²) in [5.41, 5.74) is 0. The van der Waals surface area contributed by atoms with Crippen molar-refractivity contribution in [1.82, 2.24) is 4.90 Å². The SMILES string of the molecule is CCC=CC1CC(=O)N1CCCCCC. The first kappa shape index (κ1) is 12.3. The molecule has 1 aliphatic heterocycles. The Labute approximate surface area is 93.3 Å². The summed E-state index contributed by atoms with van der Waals surface area (Å²) in [7, 11) is 0. The van der Waals surface area contributed by atoms with Gasteiger partial charge in [-0.05, 0) is 12.8 Å². The van der Waals surface area contributed by atoms with E-state index in [1.54, 1.807) is 0 Å². The van der Waals surface area contributed by atoms with E-state index in [0.717, 1.165) is 25.8 Å². The van der Waals surface area contributed by atoms with E-state index in [4.69, 9.17) is 0 Å². The van der Waals surface area contributed by atoms with E-state index in [9.17, 15) is 4.79 Å². The van der Waals surface area contributed by atoms with Gasteiger partial charge in [-0.25, -0.2) is 0 Å². The molecule has 0 spiro atoms. The van der Waals surface area contributed by atoms with Gasteiger partial charge in [-0.15, -0.1) is 0 Å². The molecular formula is C13H23NO. The maximum absolute atomic E-state index is 11.4. The summed E-state index contributed by atoms with van der Waals surface area (Å²) in [6.45, 7) is 5.29. The molecule has 1 unspecified atom stereocenters. The third kappa shape index (κ3) is 3.69. The lowest BCUT2D eigenvalue weighted by molar-refractivity contribution is -0.143. The molecule has 15 heavy (non-hydrogen) atoms. The summed E-state index contributed by atoms with van der Waals surface area (Å²) in [6, 6.07) is 0.402. The zero-order valence-corrected chi connectivity index (χ0v) is 10.0. The van der Waals surface area contributed by atoms with Crippen LogP contribution < -0.4 is 0 Å². The average Bonchev–Trinajstić information content (AvgIpc) is 2.23. The molecule has 0 aromatic carbocycles. The van der Waals surface area contributed by atoms with E-state index < -0.39 is 0 Å². The average molecular weight is 209 g/mol. The van der Waals surface area contributed by atoms with Gasteiger partial charge in [-0.2, -0.15) is 0 Å². The minimum Gasteiger partial charge on any atom is -0.336 e. The number of hydrogen-bond acceptors (Lipinski definition) is 1. The lowest BCUT2D eigenvalue weighted by atomic mass is 10.0. The lowest BCUT2D eigenvalue weighted by Crippen LogP contribution is -2.51. The van der Waals surface area contributed by atoms with Gasteiger partial charge in [0.25, 0.3) is 0 Å². The maximum atomic E-state index is 11.4. The van der Waals surface area contributed by atoms with Crippen molar-refractivity contribution in [3.63, 3.8) is 0 Å². The molecule has 1 fully saturated rings. The second-order valence-corrected chi connectivity index (χ2v) is 4.26. The number of amides is 1. The molecule has 0 radical (unpaired) electrons. The molecule has 2 nitrogen and oxygen atoms in total. The highest BCUT2D eigenvalue weighted by Crippen LogP contribution is 2.21. The van der Waals surface area contributed by atoms with Crippen molar-refractivity contribution < 1.29 is 4.79 Å².